The lowest BCUT2D eigenvalue weighted by atomic mass is 9.97. The van der Waals surface area contributed by atoms with Gasteiger partial charge in [0.25, 0.3) is 0 Å². The molecule has 0 radical (unpaired) electrons. The zero-order chi connectivity index (χ0) is 30.9. The van der Waals surface area contributed by atoms with Gasteiger partial charge in [-0.25, -0.2) is 15.0 Å². The Morgan fingerprint density at radius 1 is 0.489 bits per heavy atom. The van der Waals surface area contributed by atoms with Crippen LogP contribution in [-0.2, 0) is 0 Å². The average Bonchev–Trinajstić information content (AvgIpc) is 3.53. The van der Waals surface area contributed by atoms with Crippen LogP contribution in [-0.4, -0.2) is 24.9 Å². The summed E-state index contributed by atoms with van der Waals surface area (Å²) in [5, 5.41) is 8.24. The molecule has 0 N–H and O–H groups in total. The number of hydrogen-bond donors (Lipinski definition) is 0. The third-order valence-electron chi connectivity index (χ3n) is 9.05. The van der Waals surface area contributed by atoms with Gasteiger partial charge < -0.3 is 0 Å². The number of rotatable bonds is 3. The molecule has 5 heterocycles. The Hall–Kier alpha value is -6.11. The maximum Gasteiger partial charge on any atom is 0.159 e. The maximum absolute atomic E-state index is 5.23. The normalized spacial score (nSPS) is 11.8. The Balaban J connectivity index is 1.10. The summed E-state index contributed by atoms with van der Waals surface area (Å²) in [5.74, 6) is 0.665. The van der Waals surface area contributed by atoms with Crippen molar-refractivity contribution in [2.45, 2.75) is 0 Å². The molecule has 0 saturated heterocycles. The number of hydrogen-bond acceptors (Lipinski definition) is 6. The minimum absolute atomic E-state index is 0.665. The van der Waals surface area contributed by atoms with Crippen molar-refractivity contribution >= 4 is 75.0 Å². The highest BCUT2D eigenvalue weighted by molar-refractivity contribution is 7.26. The standard InChI is InChI=1S/C41H23N5S/c1-3-12-34-32(11-1)36-33(17-16-31-29-10-2-4-13-35(29)47-40(31)36)37(46-34)25-7-5-8-26(21-25)41-44-22-27(23-45-41)28-18-20-43-39-30(28)15-14-24-9-6-19-42-38(24)39/h1-23H. The third-order valence-corrected chi connectivity index (χ3v) is 10.3. The minimum atomic E-state index is 0.665. The molecule has 0 aliphatic heterocycles. The van der Waals surface area contributed by atoms with E-state index in [0.29, 0.717) is 5.82 Å². The van der Waals surface area contributed by atoms with Gasteiger partial charge in [-0.1, -0.05) is 84.9 Å². The lowest BCUT2D eigenvalue weighted by molar-refractivity contribution is 1.18. The molecule has 5 nitrogen and oxygen atoms in total. The fraction of sp³-hybridized carbons (Fsp3) is 0. The molecular weight excluding hydrogens is 595 g/mol. The third kappa shape index (κ3) is 4.05. The Kier molecular flexibility index (Phi) is 5.68. The Morgan fingerprint density at radius 3 is 2.21 bits per heavy atom. The quantitative estimate of drug-likeness (QED) is 0.185. The smallest absolute Gasteiger partial charge is 0.159 e. The summed E-state index contributed by atoms with van der Waals surface area (Å²) in [5.41, 5.74) is 7.65. The topological polar surface area (TPSA) is 64.5 Å². The van der Waals surface area contributed by atoms with Crippen LogP contribution in [0.5, 0.6) is 0 Å². The molecule has 0 aliphatic carbocycles. The van der Waals surface area contributed by atoms with Crippen LogP contribution in [0.4, 0.5) is 0 Å². The number of fused-ring (bicyclic) bond motifs is 10. The van der Waals surface area contributed by atoms with Crippen molar-refractivity contribution in [3.05, 3.63) is 140 Å². The number of benzene rings is 5. The van der Waals surface area contributed by atoms with E-state index in [2.05, 4.69) is 113 Å². The molecule has 5 aromatic heterocycles. The van der Waals surface area contributed by atoms with E-state index in [1.807, 2.05) is 48.3 Å². The number of para-hydroxylation sites is 1. The van der Waals surface area contributed by atoms with Crippen LogP contribution in [0.2, 0.25) is 0 Å². The van der Waals surface area contributed by atoms with E-state index in [1.54, 1.807) is 0 Å². The van der Waals surface area contributed by atoms with Crippen LogP contribution in [0.15, 0.2) is 140 Å². The van der Waals surface area contributed by atoms with Crippen molar-refractivity contribution in [3.8, 4) is 33.8 Å². The molecule has 0 aliphatic rings. The monoisotopic (exact) mass is 617 g/mol. The van der Waals surface area contributed by atoms with Gasteiger partial charge in [0.15, 0.2) is 5.82 Å². The fourth-order valence-corrected chi connectivity index (χ4v) is 8.13. The maximum atomic E-state index is 5.23. The summed E-state index contributed by atoms with van der Waals surface area (Å²) in [6, 6.07) is 40.2. The zero-order valence-corrected chi connectivity index (χ0v) is 25.7. The van der Waals surface area contributed by atoms with Gasteiger partial charge in [0.2, 0.25) is 0 Å². The van der Waals surface area contributed by atoms with Crippen LogP contribution in [0.25, 0.3) is 97.4 Å². The number of nitrogens with zero attached hydrogens (tertiary/aromatic N) is 5. The molecule has 47 heavy (non-hydrogen) atoms. The first kappa shape index (κ1) is 26.1. The van der Waals surface area contributed by atoms with Gasteiger partial charge in [0.05, 0.1) is 22.2 Å². The van der Waals surface area contributed by atoms with Gasteiger partial charge in [-0.15, -0.1) is 11.3 Å². The van der Waals surface area contributed by atoms with Crippen LogP contribution < -0.4 is 0 Å². The van der Waals surface area contributed by atoms with E-state index in [0.717, 1.165) is 60.7 Å². The molecule has 0 amide bonds. The van der Waals surface area contributed by atoms with Crippen molar-refractivity contribution < 1.29 is 0 Å². The molecule has 218 valence electrons. The van der Waals surface area contributed by atoms with Gasteiger partial charge >= 0.3 is 0 Å². The van der Waals surface area contributed by atoms with E-state index >= 15 is 0 Å². The van der Waals surface area contributed by atoms with Crippen molar-refractivity contribution in [1.29, 1.82) is 0 Å². The van der Waals surface area contributed by atoms with Crippen molar-refractivity contribution in [3.63, 3.8) is 0 Å². The lowest BCUT2D eigenvalue weighted by Gasteiger charge is -2.12. The molecule has 10 rings (SSSR count). The van der Waals surface area contributed by atoms with Gasteiger partial charge in [-0.3, -0.25) is 9.97 Å². The Bertz CT molecular complexity index is 2860. The zero-order valence-electron chi connectivity index (χ0n) is 24.9. The van der Waals surface area contributed by atoms with Crippen LogP contribution in [0.1, 0.15) is 0 Å². The molecule has 10 aromatic rings. The summed E-state index contributed by atoms with van der Waals surface area (Å²) in [4.78, 5) is 24.2. The van der Waals surface area contributed by atoms with Gasteiger partial charge in [0, 0.05) is 88.6 Å². The number of aromatic nitrogens is 5. The molecule has 0 saturated carbocycles. The van der Waals surface area contributed by atoms with Crippen molar-refractivity contribution in [1.82, 2.24) is 24.9 Å². The van der Waals surface area contributed by atoms with E-state index in [4.69, 9.17) is 15.0 Å². The van der Waals surface area contributed by atoms with E-state index in [1.165, 1.54) is 30.9 Å². The Morgan fingerprint density at radius 2 is 1.28 bits per heavy atom. The highest BCUT2D eigenvalue weighted by atomic mass is 32.1. The summed E-state index contributed by atoms with van der Waals surface area (Å²) in [6.45, 7) is 0. The van der Waals surface area contributed by atoms with Gasteiger partial charge in [0.1, 0.15) is 0 Å². The molecule has 0 fully saturated rings. The first-order chi connectivity index (χ1) is 23.3. The average molecular weight is 618 g/mol. The minimum Gasteiger partial charge on any atom is -0.254 e. The molecule has 6 heteroatoms. The Labute approximate surface area is 272 Å². The van der Waals surface area contributed by atoms with Crippen LogP contribution in [0, 0.1) is 0 Å². The summed E-state index contributed by atoms with van der Waals surface area (Å²) < 4.78 is 2.59. The first-order valence-corrected chi connectivity index (χ1v) is 16.3. The predicted molar refractivity (Wildman–Crippen MR) is 195 cm³/mol. The highest BCUT2D eigenvalue weighted by Crippen LogP contribution is 2.43. The fourth-order valence-electron chi connectivity index (χ4n) is 6.86. The SMILES string of the molecule is c1cc(-c2ncc(-c3ccnc4c3ccc3cccnc34)cn2)cc(-c2nc3ccccc3c3c2ccc2c4ccccc4sc23)c1. The predicted octanol–water partition coefficient (Wildman–Crippen LogP) is 10.6. The largest absolute Gasteiger partial charge is 0.254 e. The molecule has 5 aromatic carbocycles. The van der Waals surface area contributed by atoms with E-state index < -0.39 is 0 Å². The first-order valence-electron chi connectivity index (χ1n) is 15.5. The number of thiophene rings is 1. The number of pyridine rings is 3. The van der Waals surface area contributed by atoms with Crippen molar-refractivity contribution in [2.24, 2.45) is 0 Å². The second-order valence-electron chi connectivity index (χ2n) is 11.7. The molecule has 0 unspecified atom stereocenters. The van der Waals surface area contributed by atoms with Crippen LogP contribution >= 0.6 is 11.3 Å². The second kappa shape index (κ2) is 10.2. The van der Waals surface area contributed by atoms with Crippen LogP contribution in [0.3, 0.4) is 0 Å². The van der Waals surface area contributed by atoms with E-state index in [9.17, 15) is 0 Å². The van der Waals surface area contributed by atoms with Gasteiger partial charge in [-0.2, -0.15) is 0 Å². The highest BCUT2D eigenvalue weighted by Gasteiger charge is 2.17. The summed E-state index contributed by atoms with van der Waals surface area (Å²) >= 11 is 1.86. The summed E-state index contributed by atoms with van der Waals surface area (Å²) in [7, 11) is 0. The second-order valence-corrected chi connectivity index (χ2v) is 12.8. The van der Waals surface area contributed by atoms with Gasteiger partial charge in [-0.05, 0) is 35.9 Å². The summed E-state index contributed by atoms with van der Waals surface area (Å²) in [6.07, 6.45) is 7.43. The molecule has 0 spiro atoms. The molecule has 0 bridgehead atoms. The lowest BCUT2D eigenvalue weighted by Crippen LogP contribution is -1.93. The molecular formula is C41H23N5S. The van der Waals surface area contributed by atoms with Crippen molar-refractivity contribution in [2.75, 3.05) is 0 Å². The van der Waals surface area contributed by atoms with E-state index in [-0.39, 0.29) is 0 Å². The molecule has 0 atom stereocenters.